The molecule has 0 bridgehead atoms. The largest absolute Gasteiger partial charge is 0.366 e. The van der Waals surface area contributed by atoms with Gasteiger partial charge < -0.3 is 10.6 Å². The molecule has 0 amide bonds. The SMILES string of the molecule is N#Cc1cccc(NCc2ccc3c(c2)CNC3)n1. The average molecular weight is 250 g/mol. The van der Waals surface area contributed by atoms with Crippen molar-refractivity contribution in [1.29, 1.82) is 5.26 Å². The summed E-state index contributed by atoms with van der Waals surface area (Å²) >= 11 is 0. The number of nitriles is 1. The summed E-state index contributed by atoms with van der Waals surface area (Å²) in [5, 5.41) is 15.4. The van der Waals surface area contributed by atoms with Crippen LogP contribution in [0.5, 0.6) is 0 Å². The summed E-state index contributed by atoms with van der Waals surface area (Å²) in [5.41, 5.74) is 4.42. The minimum absolute atomic E-state index is 0.433. The van der Waals surface area contributed by atoms with E-state index in [4.69, 9.17) is 5.26 Å². The quantitative estimate of drug-likeness (QED) is 0.876. The predicted molar refractivity (Wildman–Crippen MR) is 73.3 cm³/mol. The number of nitrogens with zero attached hydrogens (tertiary/aromatic N) is 2. The molecule has 0 atom stereocenters. The maximum atomic E-state index is 8.81. The molecule has 2 N–H and O–H groups in total. The third-order valence-corrected chi connectivity index (χ3v) is 3.24. The van der Waals surface area contributed by atoms with Crippen molar-refractivity contribution in [2.24, 2.45) is 0 Å². The van der Waals surface area contributed by atoms with Crippen LogP contribution in [0.4, 0.5) is 5.82 Å². The highest BCUT2D eigenvalue weighted by Gasteiger charge is 2.09. The van der Waals surface area contributed by atoms with Gasteiger partial charge in [-0.15, -0.1) is 0 Å². The zero-order valence-corrected chi connectivity index (χ0v) is 10.5. The number of anilines is 1. The first-order chi connectivity index (χ1) is 9.35. The lowest BCUT2D eigenvalue weighted by Gasteiger charge is -2.07. The highest BCUT2D eigenvalue weighted by atomic mass is 15.0. The standard InChI is InChI=1S/C15H14N4/c16-7-14-2-1-3-15(19-14)18-8-11-4-5-12-9-17-10-13(12)6-11/h1-6,17H,8-10H2,(H,18,19). The van der Waals surface area contributed by atoms with Crippen LogP contribution >= 0.6 is 0 Å². The van der Waals surface area contributed by atoms with Crippen molar-refractivity contribution in [3.8, 4) is 6.07 Å². The third-order valence-electron chi connectivity index (χ3n) is 3.24. The van der Waals surface area contributed by atoms with E-state index >= 15 is 0 Å². The molecule has 0 aliphatic carbocycles. The minimum Gasteiger partial charge on any atom is -0.366 e. The Morgan fingerprint density at radius 3 is 3.00 bits per heavy atom. The fourth-order valence-electron chi connectivity index (χ4n) is 2.25. The Balaban J connectivity index is 1.70. The van der Waals surface area contributed by atoms with E-state index in [-0.39, 0.29) is 0 Å². The predicted octanol–water partition coefficient (Wildman–Crippen LogP) is 2.17. The monoisotopic (exact) mass is 250 g/mol. The van der Waals surface area contributed by atoms with Crippen LogP contribution in [-0.2, 0) is 19.6 Å². The molecule has 94 valence electrons. The molecule has 0 saturated heterocycles. The topological polar surface area (TPSA) is 60.7 Å². The maximum absolute atomic E-state index is 8.81. The number of hydrogen-bond donors (Lipinski definition) is 2. The molecule has 2 aromatic rings. The Morgan fingerprint density at radius 2 is 2.11 bits per heavy atom. The molecule has 19 heavy (non-hydrogen) atoms. The van der Waals surface area contributed by atoms with Gasteiger partial charge in [-0.1, -0.05) is 24.3 Å². The van der Waals surface area contributed by atoms with Gasteiger partial charge in [-0.25, -0.2) is 4.98 Å². The minimum atomic E-state index is 0.433. The van der Waals surface area contributed by atoms with Crippen molar-refractivity contribution in [3.63, 3.8) is 0 Å². The molecule has 0 saturated carbocycles. The molecular formula is C15H14N4. The lowest BCUT2D eigenvalue weighted by atomic mass is 10.1. The Labute approximate surface area is 112 Å². The zero-order chi connectivity index (χ0) is 13.1. The molecule has 4 heteroatoms. The molecular weight excluding hydrogens is 236 g/mol. The van der Waals surface area contributed by atoms with Crippen LogP contribution in [-0.4, -0.2) is 4.98 Å². The van der Waals surface area contributed by atoms with E-state index in [0.717, 1.165) is 25.5 Å². The van der Waals surface area contributed by atoms with E-state index in [9.17, 15) is 0 Å². The number of pyridine rings is 1. The lowest BCUT2D eigenvalue weighted by Crippen LogP contribution is -2.02. The molecule has 1 aromatic carbocycles. The van der Waals surface area contributed by atoms with Gasteiger partial charge in [0.2, 0.25) is 0 Å². The van der Waals surface area contributed by atoms with Crippen LogP contribution in [0.2, 0.25) is 0 Å². The van der Waals surface area contributed by atoms with Gasteiger partial charge >= 0.3 is 0 Å². The van der Waals surface area contributed by atoms with Crippen LogP contribution in [0.15, 0.2) is 36.4 Å². The van der Waals surface area contributed by atoms with Crippen LogP contribution < -0.4 is 10.6 Å². The van der Waals surface area contributed by atoms with Crippen molar-refractivity contribution in [3.05, 3.63) is 58.8 Å². The van der Waals surface area contributed by atoms with E-state index in [1.807, 2.05) is 18.2 Å². The number of nitrogens with one attached hydrogen (secondary N) is 2. The van der Waals surface area contributed by atoms with E-state index in [1.54, 1.807) is 6.07 Å². The first-order valence-electron chi connectivity index (χ1n) is 6.27. The Morgan fingerprint density at radius 1 is 1.21 bits per heavy atom. The van der Waals surface area contributed by atoms with Crippen LogP contribution in [0, 0.1) is 11.3 Å². The van der Waals surface area contributed by atoms with Crippen molar-refractivity contribution >= 4 is 5.82 Å². The molecule has 1 aromatic heterocycles. The van der Waals surface area contributed by atoms with Crippen molar-refractivity contribution < 1.29 is 0 Å². The summed E-state index contributed by atoms with van der Waals surface area (Å²) < 4.78 is 0. The van der Waals surface area contributed by atoms with Gasteiger partial charge in [0, 0.05) is 19.6 Å². The van der Waals surface area contributed by atoms with E-state index < -0.39 is 0 Å². The summed E-state index contributed by atoms with van der Waals surface area (Å²) in [6.45, 7) is 2.63. The Kier molecular flexibility index (Phi) is 3.13. The number of hydrogen-bond acceptors (Lipinski definition) is 4. The van der Waals surface area contributed by atoms with Crippen LogP contribution in [0.3, 0.4) is 0 Å². The van der Waals surface area contributed by atoms with Gasteiger partial charge in [-0.3, -0.25) is 0 Å². The van der Waals surface area contributed by atoms with Gasteiger partial charge in [0.1, 0.15) is 17.6 Å². The molecule has 1 aliphatic heterocycles. The smallest absolute Gasteiger partial charge is 0.142 e. The molecule has 4 nitrogen and oxygen atoms in total. The summed E-state index contributed by atoms with van der Waals surface area (Å²) in [6, 6.07) is 14.0. The van der Waals surface area contributed by atoms with E-state index in [2.05, 4.69) is 33.8 Å². The molecule has 2 heterocycles. The highest BCUT2D eigenvalue weighted by molar-refractivity contribution is 5.41. The molecule has 1 aliphatic rings. The summed E-state index contributed by atoms with van der Waals surface area (Å²) in [6.07, 6.45) is 0. The van der Waals surface area contributed by atoms with Crippen LogP contribution in [0.1, 0.15) is 22.4 Å². The Bertz CT molecular complexity index is 643. The molecule has 0 radical (unpaired) electrons. The first kappa shape index (κ1) is 11.7. The number of benzene rings is 1. The summed E-state index contributed by atoms with van der Waals surface area (Å²) in [5.74, 6) is 0.734. The molecule has 0 unspecified atom stereocenters. The van der Waals surface area contributed by atoms with Gasteiger partial charge in [0.15, 0.2) is 0 Å². The molecule has 3 rings (SSSR count). The number of aromatic nitrogens is 1. The normalized spacial score (nSPS) is 12.8. The Hall–Kier alpha value is -2.38. The van der Waals surface area contributed by atoms with E-state index in [1.165, 1.54) is 16.7 Å². The maximum Gasteiger partial charge on any atom is 0.142 e. The van der Waals surface area contributed by atoms with Crippen molar-refractivity contribution in [2.45, 2.75) is 19.6 Å². The fourth-order valence-corrected chi connectivity index (χ4v) is 2.25. The summed E-state index contributed by atoms with van der Waals surface area (Å²) in [7, 11) is 0. The van der Waals surface area contributed by atoms with Gasteiger partial charge in [-0.2, -0.15) is 5.26 Å². The lowest BCUT2D eigenvalue weighted by molar-refractivity contribution is 0.764. The molecule has 0 spiro atoms. The average Bonchev–Trinajstić information content (AvgIpc) is 2.93. The van der Waals surface area contributed by atoms with Gasteiger partial charge in [0.25, 0.3) is 0 Å². The van der Waals surface area contributed by atoms with Gasteiger partial charge in [0.05, 0.1) is 0 Å². The number of fused-ring (bicyclic) bond motifs is 1. The zero-order valence-electron chi connectivity index (χ0n) is 10.5. The van der Waals surface area contributed by atoms with Crippen molar-refractivity contribution in [1.82, 2.24) is 10.3 Å². The molecule has 0 fully saturated rings. The van der Waals surface area contributed by atoms with Crippen LogP contribution in [0.25, 0.3) is 0 Å². The van der Waals surface area contributed by atoms with Gasteiger partial charge in [-0.05, 0) is 28.8 Å². The first-order valence-corrected chi connectivity index (χ1v) is 6.27. The highest BCUT2D eigenvalue weighted by Crippen LogP contribution is 2.17. The second kappa shape index (κ2) is 5.09. The van der Waals surface area contributed by atoms with E-state index in [0.29, 0.717) is 5.69 Å². The second-order valence-electron chi connectivity index (χ2n) is 4.58. The second-order valence-corrected chi connectivity index (χ2v) is 4.58. The number of rotatable bonds is 3. The third kappa shape index (κ3) is 2.56. The fraction of sp³-hybridized carbons (Fsp3) is 0.200. The summed E-state index contributed by atoms with van der Waals surface area (Å²) in [4.78, 5) is 4.19. The van der Waals surface area contributed by atoms with Crippen molar-refractivity contribution in [2.75, 3.05) is 5.32 Å².